The molecule has 1 unspecified atom stereocenters. The second-order valence-corrected chi connectivity index (χ2v) is 12.1. The third-order valence-corrected chi connectivity index (χ3v) is 8.45. The zero-order valence-electron chi connectivity index (χ0n) is 23.1. The van der Waals surface area contributed by atoms with E-state index in [2.05, 4.69) is 46.8 Å². The Bertz CT molecular complexity index is 1400. The van der Waals surface area contributed by atoms with Crippen LogP contribution in [0.1, 0.15) is 91.3 Å². The van der Waals surface area contributed by atoms with Crippen molar-refractivity contribution < 1.29 is 23.2 Å². The highest BCUT2D eigenvalue weighted by Gasteiger charge is 2.43. The number of rotatable bonds is 6. The van der Waals surface area contributed by atoms with E-state index >= 15 is 0 Å². The van der Waals surface area contributed by atoms with E-state index in [4.69, 9.17) is 8.83 Å². The van der Waals surface area contributed by atoms with E-state index in [1.807, 2.05) is 6.07 Å². The van der Waals surface area contributed by atoms with Crippen molar-refractivity contribution in [2.45, 2.75) is 83.7 Å². The molecule has 3 amide bonds. The Morgan fingerprint density at radius 1 is 1.03 bits per heavy atom. The van der Waals surface area contributed by atoms with Gasteiger partial charge in [-0.1, -0.05) is 39.8 Å². The topological polar surface area (TPSA) is 84.0 Å². The molecule has 0 saturated carbocycles. The lowest BCUT2D eigenvalue weighted by atomic mass is 9.62. The summed E-state index contributed by atoms with van der Waals surface area (Å²) in [5, 5.41) is 0. The summed E-state index contributed by atoms with van der Waals surface area (Å²) in [4.78, 5) is 41.0. The fourth-order valence-electron chi connectivity index (χ4n) is 5.75. The summed E-state index contributed by atoms with van der Waals surface area (Å²) in [7, 11) is 1.44. The van der Waals surface area contributed by atoms with Crippen molar-refractivity contribution in [3.8, 4) is 0 Å². The minimum Gasteiger partial charge on any atom is -0.467 e. The van der Waals surface area contributed by atoms with E-state index in [9.17, 15) is 14.4 Å². The van der Waals surface area contributed by atoms with Gasteiger partial charge in [0.05, 0.1) is 19.2 Å². The molecule has 5 rings (SSSR count). The molecule has 200 valence electrons. The molecule has 0 radical (unpaired) electrons. The van der Waals surface area contributed by atoms with Gasteiger partial charge >= 0.3 is 0 Å². The number of hydrogen-bond donors (Lipinski definition) is 0. The van der Waals surface area contributed by atoms with Crippen LogP contribution in [-0.2, 0) is 33.4 Å². The lowest BCUT2D eigenvalue weighted by Gasteiger charge is -2.42. The number of carbonyl (C=O) groups excluding carboxylic acids is 3. The number of likely N-dealkylation sites (N-methyl/N-ethyl adjacent to an activating group) is 1. The summed E-state index contributed by atoms with van der Waals surface area (Å²) in [6, 6.07) is 10.7. The lowest BCUT2D eigenvalue weighted by molar-refractivity contribution is -0.137. The van der Waals surface area contributed by atoms with Crippen molar-refractivity contribution in [3.05, 3.63) is 82.2 Å². The van der Waals surface area contributed by atoms with Crippen LogP contribution in [0.25, 0.3) is 0 Å². The van der Waals surface area contributed by atoms with Gasteiger partial charge in [0.1, 0.15) is 17.6 Å². The van der Waals surface area contributed by atoms with Crippen molar-refractivity contribution in [1.82, 2.24) is 9.80 Å². The van der Waals surface area contributed by atoms with Crippen LogP contribution in [0.2, 0.25) is 0 Å². The quantitative estimate of drug-likeness (QED) is 0.403. The molecule has 7 heteroatoms. The fourth-order valence-corrected chi connectivity index (χ4v) is 5.75. The van der Waals surface area contributed by atoms with Gasteiger partial charge in [0.2, 0.25) is 5.91 Å². The van der Waals surface area contributed by atoms with Crippen molar-refractivity contribution in [3.63, 3.8) is 0 Å². The Morgan fingerprint density at radius 2 is 1.71 bits per heavy atom. The smallest absolute Gasteiger partial charge is 0.290 e. The summed E-state index contributed by atoms with van der Waals surface area (Å²) in [5.74, 6) is 0.171. The molecule has 38 heavy (non-hydrogen) atoms. The van der Waals surface area contributed by atoms with Crippen LogP contribution in [0.15, 0.2) is 51.5 Å². The number of aryl methyl sites for hydroxylation is 1. The van der Waals surface area contributed by atoms with Gasteiger partial charge in [-0.15, -0.1) is 0 Å². The Hall–Kier alpha value is -3.61. The minimum absolute atomic E-state index is 0.0597. The van der Waals surface area contributed by atoms with Crippen LogP contribution in [-0.4, -0.2) is 40.6 Å². The number of hydrogen-bond acceptors (Lipinski definition) is 5. The van der Waals surface area contributed by atoms with E-state index in [0.717, 1.165) is 17.7 Å². The number of nitrogens with zero attached hydrogens (tertiary/aromatic N) is 2. The first-order valence-electron chi connectivity index (χ1n) is 13.2. The monoisotopic (exact) mass is 516 g/mol. The molecule has 1 aliphatic carbocycles. The number of fused-ring (bicyclic) bond motifs is 1. The van der Waals surface area contributed by atoms with Crippen LogP contribution in [0, 0.1) is 6.92 Å². The molecular formula is C31H36N2O5. The van der Waals surface area contributed by atoms with Crippen LogP contribution in [0.3, 0.4) is 0 Å². The molecule has 1 saturated heterocycles. The molecule has 0 spiro atoms. The predicted octanol–water partition coefficient (Wildman–Crippen LogP) is 5.52. The minimum atomic E-state index is -0.896. The first-order valence-corrected chi connectivity index (χ1v) is 13.2. The third kappa shape index (κ3) is 4.59. The molecule has 2 aromatic heterocycles. The van der Waals surface area contributed by atoms with E-state index in [0.29, 0.717) is 17.9 Å². The second kappa shape index (κ2) is 9.29. The number of likely N-dealkylation sites (tertiary alicyclic amines) is 1. The summed E-state index contributed by atoms with van der Waals surface area (Å²) < 4.78 is 11.5. The summed E-state index contributed by atoms with van der Waals surface area (Å²) in [6.45, 7) is 11.5. The highest BCUT2D eigenvalue weighted by atomic mass is 16.4. The number of imide groups is 1. The summed E-state index contributed by atoms with van der Waals surface area (Å²) in [5.41, 5.74) is 5.42. The standard InChI is InChI=1S/C31H36N2O5/c1-19-14-23-24(31(4,5)12-11-30(23,2)3)16-20(19)15-21-9-10-26(38-21)29(36)33(18-22-8-7-13-37-22)25-17-27(34)32(6)28(25)35/h7-10,13-14,16,25H,11-12,15,17-18H2,1-6H3. The predicted molar refractivity (Wildman–Crippen MR) is 143 cm³/mol. The molecule has 1 atom stereocenters. The maximum Gasteiger partial charge on any atom is 0.290 e. The number of benzene rings is 1. The molecule has 0 bridgehead atoms. The van der Waals surface area contributed by atoms with Gasteiger partial charge in [-0.05, 0) is 77.1 Å². The second-order valence-electron chi connectivity index (χ2n) is 12.1. The van der Waals surface area contributed by atoms with E-state index in [-0.39, 0.29) is 35.5 Å². The van der Waals surface area contributed by atoms with Crippen LogP contribution < -0.4 is 0 Å². The van der Waals surface area contributed by atoms with Gasteiger partial charge < -0.3 is 13.7 Å². The largest absolute Gasteiger partial charge is 0.467 e. The van der Waals surface area contributed by atoms with Crippen molar-refractivity contribution in [2.24, 2.45) is 0 Å². The SMILES string of the molecule is Cc1cc2c(cc1Cc1ccc(C(=O)N(Cc3ccco3)C3CC(=O)N(C)C3=O)o1)C(C)(C)CCC2(C)C. The fraction of sp³-hybridized carbons (Fsp3) is 0.452. The maximum absolute atomic E-state index is 13.6. The molecule has 1 aliphatic heterocycles. The Kier molecular flexibility index (Phi) is 6.36. The molecule has 7 nitrogen and oxygen atoms in total. The number of carbonyl (C=O) groups is 3. The third-order valence-electron chi connectivity index (χ3n) is 8.45. The average Bonchev–Trinajstić information content (AvgIpc) is 3.60. The van der Waals surface area contributed by atoms with Gasteiger partial charge in [0.25, 0.3) is 11.8 Å². The molecule has 2 aliphatic rings. The number of amides is 3. The van der Waals surface area contributed by atoms with Crippen molar-refractivity contribution in [1.29, 1.82) is 0 Å². The molecular weight excluding hydrogens is 480 g/mol. The van der Waals surface area contributed by atoms with Gasteiger partial charge in [-0.3, -0.25) is 19.3 Å². The van der Waals surface area contributed by atoms with E-state index < -0.39 is 17.9 Å². The Labute approximate surface area is 223 Å². The first kappa shape index (κ1) is 26.0. The summed E-state index contributed by atoms with van der Waals surface area (Å²) >= 11 is 0. The van der Waals surface area contributed by atoms with Crippen LogP contribution in [0.4, 0.5) is 0 Å². The average molecular weight is 517 g/mol. The number of furan rings is 2. The molecule has 1 aromatic carbocycles. The van der Waals surface area contributed by atoms with E-state index in [1.54, 1.807) is 18.2 Å². The molecule has 0 N–H and O–H groups in total. The Morgan fingerprint density at radius 3 is 2.32 bits per heavy atom. The summed E-state index contributed by atoms with van der Waals surface area (Å²) in [6.07, 6.45) is 4.31. The zero-order valence-corrected chi connectivity index (χ0v) is 23.1. The molecule has 3 heterocycles. The first-order chi connectivity index (χ1) is 17.9. The molecule has 1 fully saturated rings. The van der Waals surface area contributed by atoms with Crippen LogP contribution in [0.5, 0.6) is 0 Å². The van der Waals surface area contributed by atoms with E-state index in [1.165, 1.54) is 40.5 Å². The van der Waals surface area contributed by atoms with Crippen molar-refractivity contribution in [2.75, 3.05) is 7.05 Å². The molecule has 3 aromatic rings. The van der Waals surface area contributed by atoms with Gasteiger partial charge in [-0.2, -0.15) is 0 Å². The van der Waals surface area contributed by atoms with Crippen molar-refractivity contribution >= 4 is 17.7 Å². The van der Waals surface area contributed by atoms with Crippen LogP contribution >= 0.6 is 0 Å². The zero-order chi connectivity index (χ0) is 27.4. The Balaban J connectivity index is 1.42. The highest BCUT2D eigenvalue weighted by Crippen LogP contribution is 2.46. The lowest BCUT2D eigenvalue weighted by Crippen LogP contribution is -2.44. The highest BCUT2D eigenvalue weighted by molar-refractivity contribution is 6.07. The van der Waals surface area contributed by atoms with Gasteiger partial charge in [-0.25, -0.2) is 0 Å². The van der Waals surface area contributed by atoms with Gasteiger partial charge in [0, 0.05) is 13.5 Å². The maximum atomic E-state index is 13.6. The normalized spacial score (nSPS) is 20.1. The van der Waals surface area contributed by atoms with Gasteiger partial charge in [0.15, 0.2) is 5.76 Å².